The molecular weight excluding hydrogens is 571 g/mol. The number of nitrogens with one attached hydrogen (secondary N) is 1. The average Bonchev–Trinajstić information content (AvgIpc) is 3.39. The largest absolute Gasteiger partial charge is 0.461 e. The van der Waals surface area contributed by atoms with E-state index in [-0.39, 0.29) is 33.8 Å². The van der Waals surface area contributed by atoms with Crippen LogP contribution in [0.5, 0.6) is 11.5 Å². The zero-order chi connectivity index (χ0) is 29.6. The quantitative estimate of drug-likeness (QED) is 0.234. The minimum atomic E-state index is -4.58. The van der Waals surface area contributed by atoms with Crippen LogP contribution in [0.3, 0.4) is 0 Å². The van der Waals surface area contributed by atoms with Crippen LogP contribution in [0, 0.1) is 0 Å². The number of fused-ring (bicyclic) bond motifs is 3. The lowest BCUT2D eigenvalue weighted by atomic mass is 9.87. The van der Waals surface area contributed by atoms with E-state index >= 15 is 0 Å². The van der Waals surface area contributed by atoms with Gasteiger partial charge in [0.25, 0.3) is 5.56 Å². The Morgan fingerprint density at radius 1 is 1.00 bits per heavy atom. The molecule has 1 N–H and O–H groups in total. The molecule has 0 fully saturated rings. The van der Waals surface area contributed by atoms with Crippen molar-refractivity contribution < 1.29 is 32.2 Å². The number of hydrogen-bond donors (Lipinski definition) is 1. The Morgan fingerprint density at radius 2 is 1.62 bits per heavy atom. The summed E-state index contributed by atoms with van der Waals surface area (Å²) < 4.78 is 51.4. The van der Waals surface area contributed by atoms with Crippen LogP contribution in [0.1, 0.15) is 40.0 Å². The maximum absolute atomic E-state index is 13.9. The molecule has 0 saturated carbocycles. The van der Waals surface area contributed by atoms with Crippen LogP contribution in [0.2, 0.25) is 0 Å². The average molecular weight is 592 g/mol. The van der Waals surface area contributed by atoms with Gasteiger partial charge >= 0.3 is 12.1 Å². The molecule has 1 amide bonds. The molecule has 1 aliphatic heterocycles. The summed E-state index contributed by atoms with van der Waals surface area (Å²) >= 11 is 1.02. The monoisotopic (exact) mass is 591 g/mol. The molecule has 0 unspecified atom stereocenters. The van der Waals surface area contributed by atoms with Crippen LogP contribution in [-0.2, 0) is 15.7 Å². The Hall–Kier alpha value is -4.97. The van der Waals surface area contributed by atoms with Crippen LogP contribution < -0.4 is 15.6 Å². The van der Waals surface area contributed by atoms with Gasteiger partial charge in [0.2, 0.25) is 5.91 Å². The molecule has 42 heavy (non-hydrogen) atoms. The minimum absolute atomic E-state index is 0.00351. The third-order valence-electron chi connectivity index (χ3n) is 6.74. The highest BCUT2D eigenvalue weighted by molar-refractivity contribution is 7.16. The molecule has 3 aromatic carbocycles. The first kappa shape index (κ1) is 27.2. The van der Waals surface area contributed by atoms with Gasteiger partial charge in [-0.3, -0.25) is 9.59 Å². The van der Waals surface area contributed by atoms with Gasteiger partial charge in [-0.05, 0) is 43.3 Å². The van der Waals surface area contributed by atoms with Gasteiger partial charge in [-0.1, -0.05) is 36.4 Å². The molecule has 0 saturated heterocycles. The number of halogens is 3. The summed E-state index contributed by atoms with van der Waals surface area (Å²) in [5.41, 5.74) is -0.606. The molecule has 1 aliphatic rings. The van der Waals surface area contributed by atoms with E-state index in [0.717, 1.165) is 40.3 Å². The first-order valence-corrected chi connectivity index (χ1v) is 13.6. The summed E-state index contributed by atoms with van der Waals surface area (Å²) in [6, 6.07) is 18.0. The summed E-state index contributed by atoms with van der Waals surface area (Å²) in [6.07, 6.45) is -4.58. The molecule has 0 radical (unpaired) electrons. The topological polar surface area (TPSA) is 99.5 Å². The van der Waals surface area contributed by atoms with E-state index in [1.807, 2.05) is 0 Å². The molecule has 6 rings (SSSR count). The molecule has 0 aliphatic carbocycles. The van der Waals surface area contributed by atoms with E-state index < -0.39 is 35.1 Å². The Balaban J connectivity index is 1.47. The fraction of sp³-hybridized carbons (Fsp3) is 0.133. The number of carbonyl (C=O) groups excluding carboxylic acids is 2. The van der Waals surface area contributed by atoms with Gasteiger partial charge in [0.05, 0.1) is 29.2 Å². The SMILES string of the molecule is CCOC(=O)c1nn(-c2ccc(C(F)(F)F)cc2)c(=O)c2c(NC(=O)C3c4ccccc4Oc4ccccc43)scc12. The molecule has 0 atom stereocenters. The van der Waals surface area contributed by atoms with Crippen LogP contribution in [0.25, 0.3) is 16.5 Å². The molecule has 12 heteroatoms. The van der Waals surface area contributed by atoms with Gasteiger partial charge in [0, 0.05) is 21.9 Å². The number of carbonyl (C=O) groups is 2. The summed E-state index contributed by atoms with van der Waals surface area (Å²) in [7, 11) is 0. The zero-order valence-corrected chi connectivity index (χ0v) is 22.6. The first-order chi connectivity index (χ1) is 20.2. The molecule has 0 spiro atoms. The number of anilines is 1. The van der Waals surface area contributed by atoms with E-state index in [1.165, 1.54) is 5.38 Å². The molecule has 8 nitrogen and oxygen atoms in total. The number of benzene rings is 3. The molecule has 5 aromatic rings. The zero-order valence-electron chi connectivity index (χ0n) is 21.8. The van der Waals surface area contributed by atoms with Crippen LogP contribution in [0.4, 0.5) is 18.2 Å². The summed E-state index contributed by atoms with van der Waals surface area (Å²) in [4.78, 5) is 40.5. The maximum Gasteiger partial charge on any atom is 0.416 e. The number of ether oxygens (including phenoxy) is 2. The van der Waals surface area contributed by atoms with Crippen molar-refractivity contribution in [2.24, 2.45) is 0 Å². The molecule has 2 aromatic heterocycles. The predicted molar refractivity (Wildman–Crippen MR) is 150 cm³/mol. The maximum atomic E-state index is 13.9. The lowest BCUT2D eigenvalue weighted by molar-refractivity contribution is -0.137. The molecule has 0 bridgehead atoms. The Kier molecular flexibility index (Phi) is 6.77. The van der Waals surface area contributed by atoms with Crippen molar-refractivity contribution in [2.45, 2.75) is 19.0 Å². The number of alkyl halides is 3. The van der Waals surface area contributed by atoms with E-state index in [4.69, 9.17) is 9.47 Å². The Bertz CT molecular complexity index is 1870. The molecule has 212 valence electrons. The van der Waals surface area contributed by atoms with Crippen LogP contribution in [0.15, 0.2) is 83.0 Å². The van der Waals surface area contributed by atoms with Gasteiger partial charge in [-0.25, -0.2) is 4.79 Å². The number of amides is 1. The van der Waals surface area contributed by atoms with E-state index in [2.05, 4.69) is 10.4 Å². The van der Waals surface area contributed by atoms with Crippen LogP contribution in [-0.4, -0.2) is 28.3 Å². The lowest BCUT2D eigenvalue weighted by Gasteiger charge is -2.27. The van der Waals surface area contributed by atoms with Crippen molar-refractivity contribution in [1.29, 1.82) is 0 Å². The summed E-state index contributed by atoms with van der Waals surface area (Å²) in [6.45, 7) is 1.63. The van der Waals surface area contributed by atoms with E-state index in [1.54, 1.807) is 55.5 Å². The van der Waals surface area contributed by atoms with Gasteiger partial charge in [-0.15, -0.1) is 11.3 Å². The lowest BCUT2D eigenvalue weighted by Crippen LogP contribution is -2.27. The van der Waals surface area contributed by atoms with Crippen molar-refractivity contribution >= 4 is 39.0 Å². The van der Waals surface area contributed by atoms with Gasteiger partial charge < -0.3 is 14.8 Å². The van der Waals surface area contributed by atoms with Crippen molar-refractivity contribution in [3.63, 3.8) is 0 Å². The third-order valence-corrected chi connectivity index (χ3v) is 7.63. The number of nitrogens with zero attached hydrogens (tertiary/aromatic N) is 2. The van der Waals surface area contributed by atoms with E-state index in [0.29, 0.717) is 22.6 Å². The highest BCUT2D eigenvalue weighted by atomic mass is 32.1. The van der Waals surface area contributed by atoms with Crippen molar-refractivity contribution in [1.82, 2.24) is 9.78 Å². The fourth-order valence-electron chi connectivity index (χ4n) is 4.83. The van der Waals surface area contributed by atoms with Gasteiger partial charge in [0.1, 0.15) is 16.5 Å². The Labute approximate surface area is 239 Å². The molecule has 3 heterocycles. The number of thiophene rings is 1. The first-order valence-electron chi connectivity index (χ1n) is 12.7. The number of rotatable bonds is 5. The minimum Gasteiger partial charge on any atom is -0.461 e. The van der Waals surface area contributed by atoms with Gasteiger partial charge in [0.15, 0.2) is 5.69 Å². The number of aromatic nitrogens is 2. The standard InChI is InChI=1S/C30H20F3N3O5S/c1-2-40-29(39)25-20-15-42-27(24(20)28(38)36(35-25)17-13-11-16(12-14-17)30(31,32)33)34-26(37)23-18-7-3-5-9-21(18)41-22-10-6-4-8-19(22)23/h3-15,23H,2H2,1H3,(H,34,37). The highest BCUT2D eigenvalue weighted by Crippen LogP contribution is 2.45. The smallest absolute Gasteiger partial charge is 0.416 e. The second kappa shape index (κ2) is 10.5. The van der Waals surface area contributed by atoms with E-state index in [9.17, 15) is 27.6 Å². The number of para-hydroxylation sites is 2. The second-order valence-corrected chi connectivity index (χ2v) is 10.2. The molecular formula is C30H20F3N3O5S. The van der Waals surface area contributed by atoms with Gasteiger partial charge in [-0.2, -0.15) is 23.0 Å². The number of hydrogen-bond acceptors (Lipinski definition) is 7. The second-order valence-electron chi connectivity index (χ2n) is 9.28. The van der Waals surface area contributed by atoms with Crippen molar-refractivity contribution in [3.8, 4) is 17.2 Å². The predicted octanol–water partition coefficient (Wildman–Crippen LogP) is 6.52. The van der Waals surface area contributed by atoms with Crippen molar-refractivity contribution in [3.05, 3.63) is 111 Å². The number of esters is 1. The summed E-state index contributed by atoms with van der Waals surface area (Å²) in [5.74, 6) is -1.01. The van der Waals surface area contributed by atoms with Crippen LogP contribution >= 0.6 is 11.3 Å². The fourth-order valence-corrected chi connectivity index (χ4v) is 5.77. The highest BCUT2D eigenvalue weighted by Gasteiger charge is 2.34. The Morgan fingerprint density at radius 3 is 2.21 bits per heavy atom. The summed E-state index contributed by atoms with van der Waals surface area (Å²) in [5, 5.41) is 8.77. The third kappa shape index (κ3) is 4.69. The normalized spacial score (nSPS) is 12.8. The van der Waals surface area contributed by atoms with Crippen molar-refractivity contribution in [2.75, 3.05) is 11.9 Å².